The van der Waals surface area contributed by atoms with Crippen LogP contribution in [0.25, 0.3) is 0 Å². The first-order valence-electron chi connectivity index (χ1n) is 7.19. The third-order valence-corrected chi connectivity index (χ3v) is 22.8. The van der Waals surface area contributed by atoms with Crippen LogP contribution in [0.3, 0.4) is 0 Å². The van der Waals surface area contributed by atoms with Gasteiger partial charge in [0, 0.05) is 0 Å². The second-order valence-electron chi connectivity index (χ2n) is 8.57. The van der Waals surface area contributed by atoms with Crippen LogP contribution in [-0.4, -0.2) is 74.8 Å². The molecule has 9 heteroatoms. The molecule has 0 fully saturated rings. The molecule has 0 bridgehead atoms. The Balaban J connectivity index is 3.61. The summed E-state index contributed by atoms with van der Waals surface area (Å²) in [5.74, 6) is 0. The molecule has 1 rings (SSSR count). The first kappa shape index (κ1) is 20.4. The second kappa shape index (κ2) is 6.34. The van der Waals surface area contributed by atoms with Gasteiger partial charge in [-0.05, 0) is 0 Å². The SMILES string of the molecule is [CH3][Sn]([CH3])([CH3])[NH][C]1([Sn]([CH3])([CH3])[CH3])N=C(F)N=C(F)[N]1[Sn]([CH3])([CH3])[CH3]. The van der Waals surface area contributed by atoms with E-state index in [1.54, 1.807) is 3.12 Å². The van der Waals surface area contributed by atoms with Crippen LogP contribution in [0.5, 0.6) is 0 Å². The van der Waals surface area contributed by atoms with Gasteiger partial charge in [0.05, 0.1) is 0 Å². The molecule has 1 N–H and O–H groups in total. The van der Waals surface area contributed by atoms with Crippen LogP contribution in [0.15, 0.2) is 9.98 Å². The van der Waals surface area contributed by atoms with Crippen LogP contribution in [-0.2, 0) is 0 Å². The summed E-state index contributed by atoms with van der Waals surface area (Å²) in [6.07, 6.45) is -1.60. The van der Waals surface area contributed by atoms with Crippen molar-refractivity contribution in [2.24, 2.45) is 9.98 Å². The van der Waals surface area contributed by atoms with Crippen molar-refractivity contribution in [2.45, 2.75) is 48.3 Å². The predicted molar refractivity (Wildman–Crippen MR) is 94.8 cm³/mol. The number of halogens is 2. The molecule has 122 valence electrons. The molecule has 1 atom stereocenters. The number of rotatable bonds is 4. The van der Waals surface area contributed by atoms with E-state index in [2.05, 4.69) is 58.0 Å². The fourth-order valence-electron chi connectivity index (χ4n) is 2.53. The van der Waals surface area contributed by atoms with Crippen molar-refractivity contribution in [1.29, 1.82) is 0 Å². The van der Waals surface area contributed by atoms with Gasteiger partial charge >= 0.3 is 142 Å². The molecule has 0 aromatic carbocycles. The molecule has 1 aliphatic heterocycles. The van der Waals surface area contributed by atoms with Gasteiger partial charge in [0.2, 0.25) is 0 Å². The van der Waals surface area contributed by atoms with Crippen molar-refractivity contribution in [3.63, 3.8) is 0 Å². The van der Waals surface area contributed by atoms with Crippen LogP contribution < -0.4 is 3.54 Å². The monoisotopic (exact) mass is 626 g/mol. The Morgan fingerprint density at radius 3 is 1.76 bits per heavy atom. The van der Waals surface area contributed by atoms with Crippen LogP contribution in [0, 0.1) is 0 Å². The summed E-state index contributed by atoms with van der Waals surface area (Å²) >= 11 is -8.44. The molecule has 1 heterocycles. The Morgan fingerprint density at radius 2 is 1.43 bits per heavy atom. The standard InChI is InChI=1S/C3HF2N4.9CH3.3Sn/c4-1-7-2(5)9-3(6)8-1;;;;;;;;;;;;/h6H;9*1H3;;;/q-2;;;;;;;;;;;2*+1. The zero-order chi connectivity index (χ0) is 16.9. The molecule has 1 unspecified atom stereocenters. The maximum atomic E-state index is 14.6. The van der Waals surface area contributed by atoms with Crippen molar-refractivity contribution in [3.05, 3.63) is 0 Å². The molecular formula is C12H28F2N4Sn3. The van der Waals surface area contributed by atoms with Gasteiger partial charge in [0.15, 0.2) is 0 Å². The minimum absolute atomic E-state index is 0.680. The number of hydrogen-bond donors (Lipinski definition) is 1. The summed E-state index contributed by atoms with van der Waals surface area (Å²) in [4.78, 5) is 27.2. The van der Waals surface area contributed by atoms with Gasteiger partial charge in [0.25, 0.3) is 0 Å². The maximum absolute atomic E-state index is 14.6. The molecular weight excluding hydrogens is 594 g/mol. The predicted octanol–water partition coefficient (Wildman–Crippen LogP) is 3.74. The molecule has 0 saturated heterocycles. The number of nitrogens with one attached hydrogen (secondary N) is 1. The molecule has 1 aliphatic rings. The van der Waals surface area contributed by atoms with Crippen LogP contribution in [0.2, 0.25) is 44.5 Å². The molecule has 0 spiro atoms. The van der Waals surface area contributed by atoms with E-state index in [1.807, 2.05) is 0 Å². The normalized spacial score (nSPS) is 24.8. The van der Waals surface area contributed by atoms with Crippen LogP contribution in [0.1, 0.15) is 0 Å². The third-order valence-electron chi connectivity index (χ3n) is 3.21. The Hall–Kier alpha value is 1.36. The summed E-state index contributed by atoms with van der Waals surface area (Å²) in [6, 6.07) is 0. The van der Waals surface area contributed by atoms with Crippen molar-refractivity contribution in [2.75, 3.05) is 0 Å². The van der Waals surface area contributed by atoms with E-state index < -0.39 is 71.7 Å². The van der Waals surface area contributed by atoms with Crippen molar-refractivity contribution in [1.82, 2.24) is 6.66 Å². The molecule has 0 amide bonds. The van der Waals surface area contributed by atoms with Crippen LogP contribution in [0.4, 0.5) is 8.78 Å². The zero-order valence-corrected chi connectivity index (χ0v) is 23.2. The van der Waals surface area contributed by atoms with Gasteiger partial charge in [-0.15, -0.1) is 0 Å². The summed E-state index contributed by atoms with van der Waals surface area (Å²) < 4.78 is 33.1. The van der Waals surface area contributed by atoms with Gasteiger partial charge in [-0.2, -0.15) is 0 Å². The first-order valence-corrected chi connectivity index (χ1v) is 37.0. The average Bonchev–Trinajstić information content (AvgIpc) is 2.07. The molecule has 0 radical (unpaired) electrons. The van der Waals surface area contributed by atoms with E-state index in [9.17, 15) is 8.78 Å². The Labute approximate surface area is 140 Å². The third kappa shape index (κ3) is 4.68. The van der Waals surface area contributed by atoms with Crippen molar-refractivity contribution in [3.8, 4) is 0 Å². The summed E-state index contributed by atoms with van der Waals surface area (Å²) in [6.45, 7) is 0. The van der Waals surface area contributed by atoms with Crippen molar-refractivity contribution < 1.29 is 8.78 Å². The summed E-state index contributed by atoms with van der Waals surface area (Å²) in [7, 11) is 0. The molecule has 0 aliphatic carbocycles. The number of nitrogens with zero attached hydrogens (tertiary/aromatic N) is 3. The number of amidine groups is 2. The van der Waals surface area contributed by atoms with Crippen LogP contribution >= 0.6 is 0 Å². The number of hydrogen-bond acceptors (Lipinski definition) is 4. The fraction of sp³-hybridized carbons (Fsp3) is 0.833. The zero-order valence-electron chi connectivity index (χ0n) is 14.6. The van der Waals surface area contributed by atoms with Gasteiger partial charge in [-0.1, -0.05) is 0 Å². The Bertz CT molecular complexity index is 474. The average molecular weight is 623 g/mol. The summed E-state index contributed by atoms with van der Waals surface area (Å²) in [5.41, 5.74) is 0. The Kier molecular flexibility index (Phi) is 6.16. The second-order valence-corrected chi connectivity index (χ2v) is 50.6. The molecule has 0 aromatic heterocycles. The minimum atomic E-state index is -2.94. The molecule has 4 nitrogen and oxygen atoms in total. The van der Waals surface area contributed by atoms with Gasteiger partial charge in [-0.25, -0.2) is 0 Å². The Morgan fingerprint density at radius 1 is 0.952 bits per heavy atom. The first-order chi connectivity index (χ1) is 9.10. The quantitative estimate of drug-likeness (QED) is 0.384. The van der Waals surface area contributed by atoms with E-state index in [-0.39, 0.29) is 0 Å². The van der Waals surface area contributed by atoms with E-state index in [0.29, 0.717) is 0 Å². The summed E-state index contributed by atoms with van der Waals surface area (Å²) in [5, 5.41) is 0. The molecule has 0 aromatic rings. The topological polar surface area (TPSA) is 40.0 Å². The van der Waals surface area contributed by atoms with Gasteiger partial charge in [-0.3, -0.25) is 0 Å². The fourth-order valence-corrected chi connectivity index (χ4v) is 43.4. The van der Waals surface area contributed by atoms with Crippen molar-refractivity contribution >= 4 is 67.9 Å². The molecule has 0 saturated carbocycles. The number of aliphatic imine (C=N–C) groups is 2. The van der Waals surface area contributed by atoms with E-state index in [1.165, 1.54) is 0 Å². The van der Waals surface area contributed by atoms with E-state index in [0.717, 1.165) is 0 Å². The van der Waals surface area contributed by atoms with Gasteiger partial charge < -0.3 is 0 Å². The van der Waals surface area contributed by atoms with E-state index in [4.69, 9.17) is 0 Å². The van der Waals surface area contributed by atoms with E-state index >= 15 is 0 Å². The molecule has 21 heavy (non-hydrogen) atoms. The van der Waals surface area contributed by atoms with Gasteiger partial charge in [0.1, 0.15) is 0 Å².